The molecule has 1 aliphatic rings. The summed E-state index contributed by atoms with van der Waals surface area (Å²) >= 11 is 0. The van der Waals surface area contributed by atoms with Crippen molar-refractivity contribution in [2.75, 3.05) is 33.3 Å². The Morgan fingerprint density at radius 2 is 1.97 bits per heavy atom. The van der Waals surface area contributed by atoms with E-state index in [1.54, 1.807) is 11.8 Å². The Labute approximate surface area is 180 Å². The fraction of sp³-hybridized carbons (Fsp3) is 0.583. The van der Waals surface area contributed by atoms with E-state index in [0.29, 0.717) is 17.5 Å². The van der Waals surface area contributed by atoms with Gasteiger partial charge in [0.1, 0.15) is 11.4 Å². The molecular formula is C24H36N4O2. The van der Waals surface area contributed by atoms with Gasteiger partial charge in [-0.15, -0.1) is 0 Å². The molecular weight excluding hydrogens is 376 g/mol. The maximum Gasteiger partial charge on any atom is 0.272 e. The van der Waals surface area contributed by atoms with Gasteiger partial charge >= 0.3 is 0 Å². The van der Waals surface area contributed by atoms with Gasteiger partial charge in [-0.25, -0.2) is 0 Å². The van der Waals surface area contributed by atoms with Gasteiger partial charge in [0.05, 0.1) is 12.8 Å². The lowest BCUT2D eigenvalue weighted by atomic mass is 9.95. The highest BCUT2D eigenvalue weighted by Gasteiger charge is 2.26. The molecule has 6 heteroatoms. The summed E-state index contributed by atoms with van der Waals surface area (Å²) in [6.07, 6.45) is 2.23. The number of nitrogens with zero attached hydrogens (tertiary/aromatic N) is 4. The number of aromatic nitrogens is 2. The molecule has 1 saturated heterocycles. The highest BCUT2D eigenvalue weighted by atomic mass is 16.5. The van der Waals surface area contributed by atoms with Gasteiger partial charge < -0.3 is 9.64 Å². The van der Waals surface area contributed by atoms with Gasteiger partial charge in [-0.3, -0.25) is 14.4 Å². The van der Waals surface area contributed by atoms with Crippen LogP contribution in [0.4, 0.5) is 0 Å². The van der Waals surface area contributed by atoms with Crippen molar-refractivity contribution in [1.29, 1.82) is 0 Å². The summed E-state index contributed by atoms with van der Waals surface area (Å²) in [6.45, 7) is 10.9. The Balaban J connectivity index is 1.59. The number of aryl methyl sites for hydroxylation is 2. The molecule has 0 saturated carbocycles. The van der Waals surface area contributed by atoms with Crippen LogP contribution in [-0.4, -0.2) is 58.8 Å². The zero-order valence-electron chi connectivity index (χ0n) is 19.1. The molecule has 1 amide bonds. The molecule has 30 heavy (non-hydrogen) atoms. The molecule has 1 aliphatic heterocycles. The maximum absolute atomic E-state index is 13.2. The molecule has 0 N–H and O–H groups in total. The van der Waals surface area contributed by atoms with Crippen LogP contribution in [0.3, 0.4) is 0 Å². The fourth-order valence-electron chi connectivity index (χ4n) is 4.37. The molecule has 1 aromatic heterocycles. The highest BCUT2D eigenvalue weighted by Crippen LogP contribution is 2.24. The molecule has 3 rings (SSSR count). The van der Waals surface area contributed by atoms with E-state index in [1.807, 2.05) is 37.1 Å². The predicted molar refractivity (Wildman–Crippen MR) is 120 cm³/mol. The first kappa shape index (κ1) is 22.3. The van der Waals surface area contributed by atoms with Crippen LogP contribution in [0.5, 0.6) is 5.75 Å². The van der Waals surface area contributed by atoms with Crippen molar-refractivity contribution in [1.82, 2.24) is 19.6 Å². The first-order chi connectivity index (χ1) is 14.4. The number of hydrogen-bond donors (Lipinski definition) is 0. The summed E-state index contributed by atoms with van der Waals surface area (Å²) in [4.78, 5) is 17.7. The Kier molecular flexibility index (Phi) is 7.53. The average molecular weight is 413 g/mol. The van der Waals surface area contributed by atoms with E-state index in [1.165, 1.54) is 5.56 Å². The summed E-state index contributed by atoms with van der Waals surface area (Å²) in [5.74, 6) is 2.04. The summed E-state index contributed by atoms with van der Waals surface area (Å²) in [5, 5.41) is 4.36. The Hall–Kier alpha value is -2.34. The van der Waals surface area contributed by atoms with Gasteiger partial charge in [0, 0.05) is 32.2 Å². The summed E-state index contributed by atoms with van der Waals surface area (Å²) in [5.41, 5.74) is 2.80. The summed E-state index contributed by atoms with van der Waals surface area (Å²) in [6, 6.07) is 10.1. The lowest BCUT2D eigenvalue weighted by Crippen LogP contribution is -2.42. The summed E-state index contributed by atoms with van der Waals surface area (Å²) < 4.78 is 7.21. The number of benzene rings is 1. The zero-order valence-corrected chi connectivity index (χ0v) is 19.1. The monoisotopic (exact) mass is 412 g/mol. The molecule has 2 aromatic rings. The average Bonchev–Trinajstić information content (AvgIpc) is 3.06. The van der Waals surface area contributed by atoms with Gasteiger partial charge in [-0.1, -0.05) is 32.0 Å². The van der Waals surface area contributed by atoms with Crippen LogP contribution in [0, 0.1) is 18.8 Å². The van der Waals surface area contributed by atoms with Crippen molar-refractivity contribution in [2.45, 2.75) is 40.2 Å². The lowest BCUT2D eigenvalue weighted by Gasteiger charge is -2.35. The van der Waals surface area contributed by atoms with E-state index in [9.17, 15) is 4.79 Å². The Morgan fingerprint density at radius 1 is 1.27 bits per heavy atom. The molecule has 2 heterocycles. The predicted octanol–water partition coefficient (Wildman–Crippen LogP) is 3.75. The van der Waals surface area contributed by atoms with Gasteiger partial charge in [0.25, 0.3) is 5.91 Å². The van der Waals surface area contributed by atoms with Crippen molar-refractivity contribution < 1.29 is 9.53 Å². The first-order valence-corrected chi connectivity index (χ1v) is 11.0. The second kappa shape index (κ2) is 10.1. The number of piperidine rings is 1. The number of para-hydroxylation sites is 1. The van der Waals surface area contributed by atoms with Gasteiger partial charge in [-0.2, -0.15) is 5.10 Å². The van der Waals surface area contributed by atoms with Crippen molar-refractivity contribution in [2.24, 2.45) is 18.9 Å². The van der Waals surface area contributed by atoms with Crippen LogP contribution in [0.2, 0.25) is 0 Å². The fourth-order valence-corrected chi connectivity index (χ4v) is 4.37. The second-order valence-electron chi connectivity index (χ2n) is 8.93. The Morgan fingerprint density at radius 3 is 2.57 bits per heavy atom. The van der Waals surface area contributed by atoms with E-state index in [2.05, 4.69) is 36.0 Å². The van der Waals surface area contributed by atoms with Crippen molar-refractivity contribution in [3.8, 4) is 5.75 Å². The normalized spacial score (nSPS) is 15.5. The van der Waals surface area contributed by atoms with E-state index in [4.69, 9.17) is 4.74 Å². The standard InChI is InChI=1S/C24H36N4O2/c1-18(2)15-28(24(29)22-14-19(3)25-26(22)4)16-20-10-12-27(13-11-20)17-21-8-6-7-9-23(21)30-5/h6-9,14,18,20H,10-13,15-17H2,1-5H3. The molecule has 0 aliphatic carbocycles. The third-order valence-corrected chi connectivity index (χ3v) is 5.87. The molecule has 0 atom stereocenters. The minimum atomic E-state index is 0.100. The molecule has 6 nitrogen and oxygen atoms in total. The third kappa shape index (κ3) is 5.63. The van der Waals surface area contributed by atoms with Crippen LogP contribution < -0.4 is 4.74 Å². The zero-order chi connectivity index (χ0) is 21.7. The van der Waals surface area contributed by atoms with Crippen LogP contribution in [-0.2, 0) is 13.6 Å². The number of likely N-dealkylation sites (tertiary alicyclic amines) is 1. The minimum absolute atomic E-state index is 0.100. The van der Waals surface area contributed by atoms with E-state index < -0.39 is 0 Å². The number of hydrogen-bond acceptors (Lipinski definition) is 4. The molecule has 0 bridgehead atoms. The number of amides is 1. The van der Waals surface area contributed by atoms with Crippen LogP contribution in [0.25, 0.3) is 0 Å². The number of carbonyl (C=O) groups is 1. The topological polar surface area (TPSA) is 50.6 Å². The molecule has 0 spiro atoms. The van der Waals surface area contributed by atoms with Gasteiger partial charge in [0.2, 0.25) is 0 Å². The van der Waals surface area contributed by atoms with Gasteiger partial charge in [-0.05, 0) is 56.8 Å². The summed E-state index contributed by atoms with van der Waals surface area (Å²) in [7, 11) is 3.58. The quantitative estimate of drug-likeness (QED) is 0.663. The highest BCUT2D eigenvalue weighted by molar-refractivity contribution is 5.92. The number of rotatable bonds is 8. The van der Waals surface area contributed by atoms with Gasteiger partial charge in [0.15, 0.2) is 0 Å². The third-order valence-electron chi connectivity index (χ3n) is 5.87. The minimum Gasteiger partial charge on any atom is -0.496 e. The molecule has 0 radical (unpaired) electrons. The number of ether oxygens (including phenoxy) is 1. The Bertz CT molecular complexity index is 837. The SMILES string of the molecule is COc1ccccc1CN1CCC(CN(CC(C)C)C(=O)c2cc(C)nn2C)CC1. The molecule has 1 aromatic carbocycles. The molecule has 0 unspecified atom stereocenters. The molecule has 1 fully saturated rings. The van der Waals surface area contributed by atoms with E-state index in [0.717, 1.165) is 57.0 Å². The molecule has 164 valence electrons. The second-order valence-corrected chi connectivity index (χ2v) is 8.93. The number of carbonyl (C=O) groups excluding carboxylic acids is 1. The van der Waals surface area contributed by atoms with E-state index >= 15 is 0 Å². The van der Waals surface area contributed by atoms with Crippen LogP contribution in [0.1, 0.15) is 48.4 Å². The van der Waals surface area contributed by atoms with Crippen LogP contribution in [0.15, 0.2) is 30.3 Å². The van der Waals surface area contributed by atoms with Crippen molar-refractivity contribution in [3.05, 3.63) is 47.3 Å². The number of methoxy groups -OCH3 is 1. The lowest BCUT2D eigenvalue weighted by molar-refractivity contribution is 0.0652. The first-order valence-electron chi connectivity index (χ1n) is 11.0. The van der Waals surface area contributed by atoms with E-state index in [-0.39, 0.29) is 5.91 Å². The smallest absolute Gasteiger partial charge is 0.272 e. The maximum atomic E-state index is 13.2. The van der Waals surface area contributed by atoms with Crippen molar-refractivity contribution >= 4 is 5.91 Å². The largest absolute Gasteiger partial charge is 0.496 e. The van der Waals surface area contributed by atoms with Crippen molar-refractivity contribution in [3.63, 3.8) is 0 Å². The van der Waals surface area contributed by atoms with Crippen LogP contribution >= 0.6 is 0 Å².